The van der Waals surface area contributed by atoms with Crippen molar-refractivity contribution in [2.75, 3.05) is 19.6 Å². The van der Waals surface area contributed by atoms with Crippen molar-refractivity contribution in [2.24, 2.45) is 5.92 Å². The van der Waals surface area contributed by atoms with Gasteiger partial charge in [-0.3, -0.25) is 4.79 Å². The maximum absolute atomic E-state index is 12.0. The summed E-state index contributed by atoms with van der Waals surface area (Å²) in [5, 5.41) is 15.4. The number of β-amino-alcohol motifs (C(OH)–C–C–N with tert-alkyl or cyclic N) is 1. The number of carbonyl (C=O) groups is 1. The van der Waals surface area contributed by atoms with Crippen LogP contribution in [0.25, 0.3) is 0 Å². The highest BCUT2D eigenvalue weighted by Crippen LogP contribution is 2.23. The highest BCUT2D eigenvalue weighted by atomic mass is 35.5. The molecule has 0 radical (unpaired) electrons. The van der Waals surface area contributed by atoms with Crippen LogP contribution in [-0.2, 0) is 11.2 Å². The molecule has 1 heterocycles. The number of aliphatic hydroxyl groups is 1. The molecule has 136 valence electrons. The van der Waals surface area contributed by atoms with Crippen molar-refractivity contribution in [2.45, 2.75) is 25.3 Å². The lowest BCUT2D eigenvalue weighted by Crippen LogP contribution is -2.34. The van der Waals surface area contributed by atoms with Crippen molar-refractivity contribution < 1.29 is 27.8 Å². The standard InChI is InChI=1S/C15H19F3N2O3.ClH/c16-15(17,18)23-12-4-1-10(2-5-12)3-6-14(22)20-8-11-7-19-9-13(11)21;/h1-2,4-5,11,13,19,21H,3,6-9H2,(H,20,22);1H. The van der Waals surface area contributed by atoms with Gasteiger partial charge in [0, 0.05) is 32.0 Å². The lowest BCUT2D eigenvalue weighted by Gasteiger charge is -2.14. The Labute approximate surface area is 144 Å². The number of aryl methyl sites for hydroxylation is 1. The normalized spacial score (nSPS) is 20.3. The van der Waals surface area contributed by atoms with Gasteiger partial charge in [-0.05, 0) is 24.1 Å². The fourth-order valence-corrected chi connectivity index (χ4v) is 2.38. The number of hydrogen-bond donors (Lipinski definition) is 3. The molecule has 0 saturated carbocycles. The average Bonchev–Trinajstić information content (AvgIpc) is 2.88. The number of halogens is 4. The average molecular weight is 369 g/mol. The van der Waals surface area contributed by atoms with E-state index in [1.807, 2.05) is 0 Å². The summed E-state index contributed by atoms with van der Waals surface area (Å²) >= 11 is 0. The Morgan fingerprint density at radius 1 is 1.29 bits per heavy atom. The van der Waals surface area contributed by atoms with Crippen LogP contribution < -0.4 is 15.4 Å². The fourth-order valence-electron chi connectivity index (χ4n) is 2.38. The van der Waals surface area contributed by atoms with Crippen molar-refractivity contribution >= 4 is 18.3 Å². The molecule has 2 rings (SSSR count). The Morgan fingerprint density at radius 3 is 2.50 bits per heavy atom. The van der Waals surface area contributed by atoms with Gasteiger partial charge in [-0.25, -0.2) is 0 Å². The first-order chi connectivity index (χ1) is 10.8. The van der Waals surface area contributed by atoms with E-state index in [1.165, 1.54) is 24.3 Å². The van der Waals surface area contributed by atoms with Crippen molar-refractivity contribution in [3.63, 3.8) is 0 Å². The topological polar surface area (TPSA) is 70.6 Å². The maximum Gasteiger partial charge on any atom is 0.573 e. The summed E-state index contributed by atoms with van der Waals surface area (Å²) in [6.07, 6.45) is -4.50. The molecule has 24 heavy (non-hydrogen) atoms. The monoisotopic (exact) mass is 368 g/mol. The van der Waals surface area contributed by atoms with Gasteiger partial charge in [0.2, 0.25) is 5.91 Å². The molecule has 1 aromatic rings. The molecule has 9 heteroatoms. The van der Waals surface area contributed by atoms with E-state index in [9.17, 15) is 23.1 Å². The highest BCUT2D eigenvalue weighted by Gasteiger charge is 2.31. The van der Waals surface area contributed by atoms with E-state index in [2.05, 4.69) is 15.4 Å². The molecular formula is C15H20ClF3N2O3. The van der Waals surface area contributed by atoms with Crippen LogP contribution in [0.5, 0.6) is 5.75 Å². The van der Waals surface area contributed by atoms with Crippen LogP contribution in [0.1, 0.15) is 12.0 Å². The van der Waals surface area contributed by atoms with Crippen LogP contribution in [0, 0.1) is 5.92 Å². The van der Waals surface area contributed by atoms with Gasteiger partial charge in [0.25, 0.3) is 0 Å². The number of benzene rings is 1. The van der Waals surface area contributed by atoms with Crippen molar-refractivity contribution in [1.82, 2.24) is 10.6 Å². The van der Waals surface area contributed by atoms with Gasteiger partial charge in [0.1, 0.15) is 5.75 Å². The molecule has 2 atom stereocenters. The number of nitrogens with one attached hydrogen (secondary N) is 2. The number of carbonyl (C=O) groups excluding carboxylic acids is 1. The molecule has 1 fully saturated rings. The Hall–Kier alpha value is -1.51. The minimum Gasteiger partial charge on any atom is -0.406 e. The lowest BCUT2D eigenvalue weighted by atomic mass is 10.1. The van der Waals surface area contributed by atoms with Gasteiger partial charge >= 0.3 is 6.36 Å². The maximum atomic E-state index is 12.0. The molecule has 1 aliphatic heterocycles. The van der Waals surface area contributed by atoms with E-state index in [-0.39, 0.29) is 36.4 Å². The van der Waals surface area contributed by atoms with Crippen LogP contribution in [-0.4, -0.2) is 43.1 Å². The molecule has 0 aromatic heterocycles. The van der Waals surface area contributed by atoms with Crippen molar-refractivity contribution in [1.29, 1.82) is 0 Å². The number of amides is 1. The van der Waals surface area contributed by atoms with E-state index in [4.69, 9.17) is 0 Å². The fraction of sp³-hybridized carbons (Fsp3) is 0.533. The smallest absolute Gasteiger partial charge is 0.406 e. The molecule has 0 aliphatic carbocycles. The van der Waals surface area contributed by atoms with Crippen LogP contribution in [0.3, 0.4) is 0 Å². The second-order valence-corrected chi connectivity index (χ2v) is 5.48. The Bertz CT molecular complexity index is 526. The summed E-state index contributed by atoms with van der Waals surface area (Å²) in [6.45, 7) is 1.61. The minimum atomic E-state index is -4.71. The first-order valence-electron chi connectivity index (χ1n) is 7.33. The number of ether oxygens (including phenoxy) is 1. The Balaban J connectivity index is 0.00000288. The van der Waals surface area contributed by atoms with E-state index in [1.54, 1.807) is 0 Å². The summed E-state index contributed by atoms with van der Waals surface area (Å²) in [4.78, 5) is 11.7. The number of hydrogen-bond acceptors (Lipinski definition) is 4. The summed E-state index contributed by atoms with van der Waals surface area (Å²) in [5.41, 5.74) is 0.747. The molecular weight excluding hydrogens is 349 g/mol. The lowest BCUT2D eigenvalue weighted by molar-refractivity contribution is -0.274. The third-order valence-electron chi connectivity index (χ3n) is 3.66. The second kappa shape index (κ2) is 9.10. The summed E-state index contributed by atoms with van der Waals surface area (Å²) < 4.78 is 39.9. The molecule has 0 spiro atoms. The number of aliphatic hydroxyl groups excluding tert-OH is 1. The van der Waals surface area contributed by atoms with Crippen molar-refractivity contribution in [3.05, 3.63) is 29.8 Å². The Morgan fingerprint density at radius 2 is 1.96 bits per heavy atom. The van der Waals surface area contributed by atoms with Gasteiger partial charge in [-0.1, -0.05) is 12.1 Å². The molecule has 1 aliphatic rings. The third kappa shape index (κ3) is 6.94. The summed E-state index contributed by atoms with van der Waals surface area (Å²) in [7, 11) is 0. The molecule has 5 nitrogen and oxygen atoms in total. The predicted molar refractivity (Wildman–Crippen MR) is 84.1 cm³/mol. The quantitative estimate of drug-likeness (QED) is 0.714. The Kier molecular flexibility index (Phi) is 7.78. The zero-order valence-electron chi connectivity index (χ0n) is 12.8. The van der Waals surface area contributed by atoms with E-state index in [0.29, 0.717) is 26.1 Å². The van der Waals surface area contributed by atoms with E-state index < -0.39 is 12.5 Å². The van der Waals surface area contributed by atoms with Gasteiger partial charge in [0.05, 0.1) is 6.10 Å². The van der Waals surface area contributed by atoms with Crippen LogP contribution in [0.15, 0.2) is 24.3 Å². The molecule has 3 N–H and O–H groups in total. The van der Waals surface area contributed by atoms with E-state index >= 15 is 0 Å². The van der Waals surface area contributed by atoms with Crippen LogP contribution >= 0.6 is 12.4 Å². The predicted octanol–water partition coefficient (Wildman–Crippen LogP) is 1.64. The summed E-state index contributed by atoms with van der Waals surface area (Å²) in [5.74, 6) is -0.425. The minimum absolute atomic E-state index is 0. The largest absolute Gasteiger partial charge is 0.573 e. The first-order valence-corrected chi connectivity index (χ1v) is 7.33. The van der Waals surface area contributed by atoms with Gasteiger partial charge in [-0.2, -0.15) is 0 Å². The van der Waals surface area contributed by atoms with Crippen LogP contribution in [0.2, 0.25) is 0 Å². The molecule has 0 bridgehead atoms. The van der Waals surface area contributed by atoms with Crippen molar-refractivity contribution in [3.8, 4) is 5.75 Å². The van der Waals surface area contributed by atoms with Crippen LogP contribution in [0.4, 0.5) is 13.2 Å². The summed E-state index contributed by atoms with van der Waals surface area (Å²) in [6, 6.07) is 5.45. The molecule has 1 saturated heterocycles. The second-order valence-electron chi connectivity index (χ2n) is 5.48. The third-order valence-corrected chi connectivity index (χ3v) is 3.66. The molecule has 2 unspecified atom stereocenters. The molecule has 1 aromatic carbocycles. The van der Waals surface area contributed by atoms with Gasteiger partial charge in [-0.15, -0.1) is 25.6 Å². The molecule has 1 amide bonds. The SMILES string of the molecule is Cl.O=C(CCc1ccc(OC(F)(F)F)cc1)NCC1CNCC1O. The zero-order valence-corrected chi connectivity index (χ0v) is 13.6. The van der Waals surface area contributed by atoms with Gasteiger partial charge in [0.15, 0.2) is 0 Å². The zero-order chi connectivity index (χ0) is 16.9. The van der Waals surface area contributed by atoms with E-state index in [0.717, 1.165) is 5.56 Å². The highest BCUT2D eigenvalue weighted by molar-refractivity contribution is 5.85. The number of alkyl halides is 3. The van der Waals surface area contributed by atoms with Gasteiger partial charge < -0.3 is 20.5 Å². The first kappa shape index (κ1) is 20.5. The number of rotatable bonds is 6.